The number of thiazole rings is 1. The second-order valence-electron chi connectivity index (χ2n) is 4.59. The third kappa shape index (κ3) is 5.03. The number of hydrogen-bond acceptors (Lipinski definition) is 7. The molecule has 0 aliphatic carbocycles. The number of hydrogen-bond donors (Lipinski definition) is 2. The third-order valence-electron chi connectivity index (χ3n) is 2.56. The fraction of sp³-hybridized carbons (Fsp3) is 0.500. The zero-order valence-electron chi connectivity index (χ0n) is 12.2. The number of anilines is 1. The minimum absolute atomic E-state index is 0.0967. The van der Waals surface area contributed by atoms with Crippen LogP contribution in [0.1, 0.15) is 32.9 Å². The van der Waals surface area contributed by atoms with Gasteiger partial charge in [-0.25, -0.2) is 14.6 Å². The lowest BCUT2D eigenvalue weighted by atomic mass is 10.1. The Morgan fingerprint density at radius 1 is 1.52 bits per heavy atom. The number of nitrogens with one attached hydrogen (secondary N) is 1. The van der Waals surface area contributed by atoms with Crippen molar-refractivity contribution in [1.82, 2.24) is 4.98 Å². The van der Waals surface area contributed by atoms with E-state index in [1.807, 2.05) is 6.92 Å². The van der Waals surface area contributed by atoms with Gasteiger partial charge in [0.2, 0.25) is 5.71 Å². The summed E-state index contributed by atoms with van der Waals surface area (Å²) in [6.07, 6.45) is 0.0102. The SMILES string of the molecule is CCC(C)(C)OC(=O)Nc1nc(C(=NOC)C(=O)O)cs1. The Labute approximate surface area is 125 Å². The zero-order valence-corrected chi connectivity index (χ0v) is 13.0. The van der Waals surface area contributed by atoms with Gasteiger partial charge in [0, 0.05) is 5.38 Å². The van der Waals surface area contributed by atoms with Crippen LogP contribution in [0.4, 0.5) is 9.93 Å². The molecule has 1 aromatic heterocycles. The van der Waals surface area contributed by atoms with Crippen LogP contribution in [0.5, 0.6) is 0 Å². The highest BCUT2D eigenvalue weighted by molar-refractivity contribution is 7.14. The van der Waals surface area contributed by atoms with E-state index in [-0.39, 0.29) is 16.5 Å². The molecule has 21 heavy (non-hydrogen) atoms. The number of oxime groups is 1. The van der Waals surface area contributed by atoms with E-state index in [9.17, 15) is 9.59 Å². The zero-order chi connectivity index (χ0) is 16.0. The van der Waals surface area contributed by atoms with Crippen LogP contribution in [0.25, 0.3) is 0 Å². The Morgan fingerprint density at radius 2 is 2.19 bits per heavy atom. The van der Waals surface area contributed by atoms with Crippen molar-refractivity contribution in [3.63, 3.8) is 0 Å². The van der Waals surface area contributed by atoms with Crippen LogP contribution < -0.4 is 5.32 Å². The normalized spacial score (nSPS) is 11.9. The fourth-order valence-corrected chi connectivity index (χ4v) is 1.84. The first-order chi connectivity index (χ1) is 9.79. The number of carboxylic acid groups (broad SMARTS) is 1. The molecule has 2 N–H and O–H groups in total. The lowest BCUT2D eigenvalue weighted by Gasteiger charge is -2.22. The van der Waals surface area contributed by atoms with Crippen molar-refractivity contribution in [2.24, 2.45) is 5.16 Å². The standard InChI is InChI=1S/C12H17N3O5S/c1-5-12(2,3)20-11(18)14-10-13-7(6-21-10)8(9(16)17)15-19-4/h6H,5H2,1-4H3,(H,16,17)(H,13,14,18). The molecule has 0 saturated heterocycles. The van der Waals surface area contributed by atoms with Crippen LogP contribution in [0.15, 0.2) is 10.5 Å². The molecule has 0 fully saturated rings. The molecule has 0 radical (unpaired) electrons. The van der Waals surface area contributed by atoms with Crippen molar-refractivity contribution in [1.29, 1.82) is 0 Å². The molecule has 1 heterocycles. The molecule has 0 unspecified atom stereocenters. The molecule has 1 aromatic rings. The number of carbonyl (C=O) groups excluding carboxylic acids is 1. The van der Waals surface area contributed by atoms with Crippen molar-refractivity contribution >= 4 is 34.2 Å². The first kappa shape index (κ1) is 16.9. The van der Waals surface area contributed by atoms with Gasteiger partial charge in [0.1, 0.15) is 18.4 Å². The van der Waals surface area contributed by atoms with Gasteiger partial charge in [-0.05, 0) is 20.3 Å². The summed E-state index contributed by atoms with van der Waals surface area (Å²) in [4.78, 5) is 31.1. The van der Waals surface area contributed by atoms with E-state index < -0.39 is 17.7 Å². The van der Waals surface area contributed by atoms with Crippen molar-refractivity contribution in [2.75, 3.05) is 12.4 Å². The highest BCUT2D eigenvalue weighted by atomic mass is 32.1. The Balaban J connectivity index is 2.78. The molecule has 1 rings (SSSR count). The molecule has 8 nitrogen and oxygen atoms in total. The lowest BCUT2D eigenvalue weighted by molar-refractivity contribution is -0.129. The highest BCUT2D eigenvalue weighted by Gasteiger charge is 2.22. The number of nitrogens with zero attached hydrogens (tertiary/aromatic N) is 2. The van der Waals surface area contributed by atoms with Gasteiger partial charge in [0.15, 0.2) is 5.13 Å². The molecule has 1 amide bonds. The van der Waals surface area contributed by atoms with Crippen molar-refractivity contribution in [3.8, 4) is 0 Å². The summed E-state index contributed by atoms with van der Waals surface area (Å²) >= 11 is 1.06. The molecule has 0 aliphatic rings. The van der Waals surface area contributed by atoms with Gasteiger partial charge < -0.3 is 14.7 Å². The smallest absolute Gasteiger partial charge is 0.413 e. The molecule has 116 valence electrons. The predicted molar refractivity (Wildman–Crippen MR) is 77.8 cm³/mol. The van der Waals surface area contributed by atoms with Crippen LogP contribution in [0.2, 0.25) is 0 Å². The number of ether oxygens (including phenoxy) is 1. The molecular weight excluding hydrogens is 298 g/mol. The summed E-state index contributed by atoms with van der Waals surface area (Å²) in [7, 11) is 1.23. The van der Waals surface area contributed by atoms with Crippen LogP contribution in [0.3, 0.4) is 0 Å². The molecule has 0 aromatic carbocycles. The van der Waals surface area contributed by atoms with Gasteiger partial charge >= 0.3 is 12.1 Å². The van der Waals surface area contributed by atoms with Crippen molar-refractivity contribution in [2.45, 2.75) is 32.8 Å². The van der Waals surface area contributed by atoms with Crippen molar-refractivity contribution in [3.05, 3.63) is 11.1 Å². The maximum atomic E-state index is 11.7. The largest absolute Gasteiger partial charge is 0.476 e. The van der Waals surface area contributed by atoms with Crippen LogP contribution >= 0.6 is 11.3 Å². The first-order valence-corrected chi connectivity index (χ1v) is 6.97. The van der Waals surface area contributed by atoms with Crippen LogP contribution in [-0.2, 0) is 14.4 Å². The monoisotopic (exact) mass is 315 g/mol. The highest BCUT2D eigenvalue weighted by Crippen LogP contribution is 2.19. The maximum Gasteiger partial charge on any atom is 0.413 e. The minimum atomic E-state index is -1.27. The first-order valence-electron chi connectivity index (χ1n) is 6.09. The average Bonchev–Trinajstić information content (AvgIpc) is 2.82. The average molecular weight is 315 g/mol. The van der Waals surface area contributed by atoms with Gasteiger partial charge in [-0.15, -0.1) is 11.3 Å². The molecule has 0 aliphatic heterocycles. The van der Waals surface area contributed by atoms with Gasteiger partial charge in [-0.3, -0.25) is 5.32 Å². The Kier molecular flexibility index (Phi) is 5.65. The van der Waals surface area contributed by atoms with Gasteiger partial charge in [-0.1, -0.05) is 12.1 Å². The Morgan fingerprint density at radius 3 is 2.71 bits per heavy atom. The van der Waals surface area contributed by atoms with Gasteiger partial charge in [0.25, 0.3) is 0 Å². The van der Waals surface area contributed by atoms with E-state index in [0.717, 1.165) is 11.3 Å². The molecular formula is C12H17N3O5S. The molecule has 0 spiro atoms. The molecule has 0 atom stereocenters. The van der Waals surface area contributed by atoms with E-state index in [0.29, 0.717) is 6.42 Å². The topological polar surface area (TPSA) is 110 Å². The minimum Gasteiger partial charge on any atom is -0.476 e. The maximum absolute atomic E-state index is 11.7. The summed E-state index contributed by atoms with van der Waals surface area (Å²) in [5.41, 5.74) is -0.836. The number of aromatic nitrogens is 1. The number of aliphatic carboxylic acids is 1. The van der Waals surface area contributed by atoms with Crippen LogP contribution in [-0.4, -0.2) is 40.6 Å². The molecule has 0 bridgehead atoms. The summed E-state index contributed by atoms with van der Waals surface area (Å²) in [6.45, 7) is 5.47. The Hall–Kier alpha value is -2.16. The van der Waals surface area contributed by atoms with E-state index in [1.165, 1.54) is 12.5 Å². The number of amides is 1. The number of carbonyl (C=O) groups is 2. The summed E-state index contributed by atoms with van der Waals surface area (Å²) in [5, 5.41) is 16.5. The molecule has 0 saturated carbocycles. The second kappa shape index (κ2) is 7.02. The van der Waals surface area contributed by atoms with Gasteiger partial charge in [-0.2, -0.15) is 0 Å². The summed E-state index contributed by atoms with van der Waals surface area (Å²) in [5.74, 6) is -1.27. The van der Waals surface area contributed by atoms with E-state index in [1.54, 1.807) is 13.8 Å². The quantitative estimate of drug-likeness (QED) is 0.615. The number of rotatable bonds is 6. The predicted octanol–water partition coefficient (Wildman–Crippen LogP) is 2.32. The summed E-state index contributed by atoms with van der Waals surface area (Å²) in [6, 6.07) is 0. The third-order valence-corrected chi connectivity index (χ3v) is 3.32. The summed E-state index contributed by atoms with van der Waals surface area (Å²) < 4.78 is 5.20. The van der Waals surface area contributed by atoms with Crippen LogP contribution in [0, 0.1) is 0 Å². The van der Waals surface area contributed by atoms with Crippen molar-refractivity contribution < 1.29 is 24.3 Å². The fourth-order valence-electron chi connectivity index (χ4n) is 1.16. The lowest BCUT2D eigenvalue weighted by Crippen LogP contribution is -2.29. The van der Waals surface area contributed by atoms with E-state index in [2.05, 4.69) is 20.3 Å². The Bertz CT molecular complexity index is 553. The van der Waals surface area contributed by atoms with E-state index >= 15 is 0 Å². The van der Waals surface area contributed by atoms with E-state index in [4.69, 9.17) is 9.84 Å². The molecule has 9 heteroatoms. The van der Waals surface area contributed by atoms with Gasteiger partial charge in [0.05, 0.1) is 0 Å². The second-order valence-corrected chi connectivity index (χ2v) is 5.45. The number of carboxylic acids is 1.